The molecule has 2 aliphatic rings. The summed E-state index contributed by atoms with van der Waals surface area (Å²) in [4.78, 5) is 31.7. The van der Waals surface area contributed by atoms with Gasteiger partial charge in [-0.15, -0.1) is 0 Å². The Morgan fingerprint density at radius 2 is 1.89 bits per heavy atom. The first-order chi connectivity index (χ1) is 16.3. The molecule has 4 heterocycles. The number of nitrogens with zero attached hydrogens (tertiary/aromatic N) is 6. The first-order valence-electron chi connectivity index (χ1n) is 11.0. The van der Waals surface area contributed by atoms with Crippen LogP contribution < -0.4 is 15.5 Å². The van der Waals surface area contributed by atoms with E-state index in [-0.39, 0.29) is 23.9 Å². The van der Waals surface area contributed by atoms with Crippen molar-refractivity contribution in [1.29, 1.82) is 0 Å². The van der Waals surface area contributed by atoms with Gasteiger partial charge < -0.3 is 25.2 Å². The van der Waals surface area contributed by atoms with Crippen LogP contribution in [0.3, 0.4) is 0 Å². The van der Waals surface area contributed by atoms with E-state index in [1.165, 1.54) is 11.0 Å². The Morgan fingerprint density at radius 1 is 1.20 bits per heavy atom. The molecule has 0 aliphatic carbocycles. The van der Waals surface area contributed by atoms with Gasteiger partial charge >= 0.3 is 12.3 Å². The quantitative estimate of drug-likeness (QED) is 0.632. The van der Waals surface area contributed by atoms with Crippen molar-refractivity contribution in [3.8, 4) is 11.3 Å². The minimum Gasteiger partial charge on any atom is -0.443 e. The van der Waals surface area contributed by atoms with Gasteiger partial charge in [0.15, 0.2) is 5.69 Å². The topological polar surface area (TPSA) is 140 Å². The van der Waals surface area contributed by atoms with E-state index in [2.05, 4.69) is 19.9 Å². The number of aliphatic hydroxyl groups is 1. The van der Waals surface area contributed by atoms with Gasteiger partial charge in [0.25, 0.3) is 0 Å². The van der Waals surface area contributed by atoms with Crippen molar-refractivity contribution in [3.05, 3.63) is 18.0 Å². The van der Waals surface area contributed by atoms with E-state index >= 15 is 0 Å². The summed E-state index contributed by atoms with van der Waals surface area (Å²) in [5.41, 5.74) is 2.53. The summed E-state index contributed by atoms with van der Waals surface area (Å²) >= 11 is 0. The van der Waals surface area contributed by atoms with Crippen molar-refractivity contribution >= 4 is 23.8 Å². The van der Waals surface area contributed by atoms with Gasteiger partial charge in [-0.3, -0.25) is 4.90 Å². The summed E-state index contributed by atoms with van der Waals surface area (Å²) in [7, 11) is 0. The zero-order valence-electron chi connectivity index (χ0n) is 19.4. The summed E-state index contributed by atoms with van der Waals surface area (Å²) in [6.45, 7) is 6.49. The van der Waals surface area contributed by atoms with E-state index in [0.717, 1.165) is 6.20 Å². The zero-order valence-corrected chi connectivity index (χ0v) is 19.4. The highest BCUT2D eigenvalue weighted by molar-refractivity contribution is 5.90. The van der Waals surface area contributed by atoms with Gasteiger partial charge in [-0.2, -0.15) is 18.2 Å². The summed E-state index contributed by atoms with van der Waals surface area (Å²) < 4.78 is 52.1. The lowest BCUT2D eigenvalue weighted by Gasteiger charge is -2.29. The maximum absolute atomic E-state index is 13.8. The number of anilines is 3. The number of rotatable bonds is 5. The smallest absolute Gasteiger partial charge is 0.434 e. The summed E-state index contributed by atoms with van der Waals surface area (Å²) in [6.07, 6.45) is -5.10. The SMILES string of the molecule is C[C@H]1C(CC(C)(C)O)OC(=O)N1c1cc(-c2cnc(N)nc2C(F)(F)F)nc(N2CCOCC2)n1. The number of hydrogen-bond donors (Lipinski definition) is 2. The summed E-state index contributed by atoms with van der Waals surface area (Å²) in [5.74, 6) is -0.358. The van der Waals surface area contributed by atoms with Crippen molar-refractivity contribution in [2.24, 2.45) is 0 Å². The Kier molecular flexibility index (Phi) is 6.44. The molecule has 1 unspecified atom stereocenters. The Balaban J connectivity index is 1.82. The first-order valence-corrected chi connectivity index (χ1v) is 11.0. The molecule has 2 atom stereocenters. The molecular weight excluding hydrogens is 471 g/mol. The van der Waals surface area contributed by atoms with Gasteiger partial charge in [0.2, 0.25) is 11.9 Å². The van der Waals surface area contributed by atoms with E-state index in [1.54, 1.807) is 25.7 Å². The van der Waals surface area contributed by atoms with Crippen molar-refractivity contribution in [2.75, 3.05) is 41.8 Å². The fraction of sp³-hybridized carbons (Fsp3) is 0.571. The van der Waals surface area contributed by atoms with Crippen molar-refractivity contribution in [3.63, 3.8) is 0 Å². The molecule has 35 heavy (non-hydrogen) atoms. The minimum atomic E-state index is -4.83. The van der Waals surface area contributed by atoms with Gasteiger partial charge in [-0.05, 0) is 20.8 Å². The maximum atomic E-state index is 13.8. The molecule has 2 fully saturated rings. The Bertz CT molecular complexity index is 1100. The third kappa shape index (κ3) is 5.37. The number of amides is 1. The van der Waals surface area contributed by atoms with E-state index < -0.39 is 47.2 Å². The van der Waals surface area contributed by atoms with Crippen LogP contribution in [0.4, 0.5) is 35.7 Å². The van der Waals surface area contributed by atoms with Crippen LogP contribution in [-0.2, 0) is 15.7 Å². The number of nitrogens with two attached hydrogens (primary N) is 1. The molecule has 0 spiro atoms. The number of nitrogen functional groups attached to an aromatic ring is 1. The van der Waals surface area contributed by atoms with E-state index in [4.69, 9.17) is 15.2 Å². The molecule has 1 amide bonds. The largest absolute Gasteiger partial charge is 0.443 e. The monoisotopic (exact) mass is 497 g/mol. The van der Waals surface area contributed by atoms with Crippen LogP contribution in [-0.4, -0.2) is 75.2 Å². The Morgan fingerprint density at radius 3 is 2.51 bits per heavy atom. The number of cyclic esters (lactones) is 1. The number of alkyl halides is 3. The van der Waals surface area contributed by atoms with Crippen LogP contribution in [0.25, 0.3) is 11.3 Å². The van der Waals surface area contributed by atoms with Crippen LogP contribution >= 0.6 is 0 Å². The molecule has 2 aromatic heterocycles. The highest BCUT2D eigenvalue weighted by Crippen LogP contribution is 2.38. The Labute approximate surface area is 199 Å². The molecule has 2 saturated heterocycles. The number of aromatic nitrogens is 4. The molecular formula is C21H26F3N7O4. The van der Waals surface area contributed by atoms with Crippen molar-refractivity contribution in [2.45, 2.75) is 51.1 Å². The summed E-state index contributed by atoms with van der Waals surface area (Å²) in [6, 6.07) is 0.706. The third-order valence-corrected chi connectivity index (χ3v) is 5.69. The molecule has 0 aromatic carbocycles. The molecule has 0 radical (unpaired) electrons. The molecule has 3 N–H and O–H groups in total. The predicted octanol–water partition coefficient (Wildman–Crippen LogP) is 2.25. The molecule has 2 aromatic rings. The number of morpholine rings is 1. The maximum Gasteiger partial charge on any atom is 0.434 e. The zero-order chi connectivity index (χ0) is 25.5. The number of carbonyl (C=O) groups excluding carboxylic acids is 1. The highest BCUT2D eigenvalue weighted by Gasteiger charge is 2.43. The second-order valence-corrected chi connectivity index (χ2v) is 9.05. The average molecular weight is 497 g/mol. The van der Waals surface area contributed by atoms with Crippen molar-refractivity contribution in [1.82, 2.24) is 19.9 Å². The van der Waals surface area contributed by atoms with Crippen LogP contribution in [0.1, 0.15) is 32.9 Å². The summed E-state index contributed by atoms with van der Waals surface area (Å²) in [5, 5.41) is 10.2. The van der Waals surface area contributed by atoms with Crippen LogP contribution in [0, 0.1) is 0 Å². The lowest BCUT2D eigenvalue weighted by Crippen LogP contribution is -2.39. The molecule has 0 bridgehead atoms. The standard InChI is InChI=1S/C21H26F3N7O4/c1-11-14(9-20(2,3)33)35-19(32)31(11)15-8-13(27-18(28-15)30-4-6-34-7-5-30)12-10-26-17(25)29-16(12)21(22,23)24/h8,10-11,14,33H,4-7,9H2,1-3H3,(H2,25,26,29)/t11-,14?/m0/s1. The molecule has 4 rings (SSSR count). The molecule has 190 valence electrons. The fourth-order valence-electron chi connectivity index (χ4n) is 4.01. The third-order valence-electron chi connectivity index (χ3n) is 5.69. The van der Waals surface area contributed by atoms with Gasteiger partial charge in [0, 0.05) is 37.3 Å². The second kappa shape index (κ2) is 9.07. The lowest BCUT2D eigenvalue weighted by atomic mass is 9.97. The van der Waals surface area contributed by atoms with Gasteiger partial charge in [0.1, 0.15) is 11.9 Å². The van der Waals surface area contributed by atoms with Crippen LogP contribution in [0.5, 0.6) is 0 Å². The number of halogens is 3. The van der Waals surface area contributed by atoms with Gasteiger partial charge in [-0.1, -0.05) is 0 Å². The van der Waals surface area contributed by atoms with Crippen molar-refractivity contribution < 1.29 is 32.5 Å². The molecule has 11 nitrogen and oxygen atoms in total. The van der Waals surface area contributed by atoms with Gasteiger partial charge in [-0.25, -0.2) is 19.7 Å². The van der Waals surface area contributed by atoms with E-state index in [1.807, 2.05) is 0 Å². The fourth-order valence-corrected chi connectivity index (χ4v) is 4.01. The molecule has 2 aliphatic heterocycles. The molecule has 14 heteroatoms. The number of ether oxygens (including phenoxy) is 2. The predicted molar refractivity (Wildman–Crippen MR) is 119 cm³/mol. The molecule has 0 saturated carbocycles. The highest BCUT2D eigenvalue weighted by atomic mass is 19.4. The Hall–Kier alpha value is -3.26. The lowest BCUT2D eigenvalue weighted by molar-refractivity contribution is -0.140. The van der Waals surface area contributed by atoms with E-state index in [0.29, 0.717) is 26.3 Å². The average Bonchev–Trinajstić information content (AvgIpc) is 3.04. The second-order valence-electron chi connectivity index (χ2n) is 9.05. The minimum absolute atomic E-state index is 0.0530. The normalized spacial score (nSPS) is 21.4. The first kappa shape index (κ1) is 24.9. The number of hydrogen-bond acceptors (Lipinski definition) is 10. The van der Waals surface area contributed by atoms with E-state index in [9.17, 15) is 23.1 Å². The van der Waals surface area contributed by atoms with Crippen LogP contribution in [0.2, 0.25) is 0 Å². The number of carbonyl (C=O) groups is 1. The van der Waals surface area contributed by atoms with Crippen LogP contribution in [0.15, 0.2) is 12.3 Å². The van der Waals surface area contributed by atoms with Gasteiger partial charge in [0.05, 0.1) is 30.6 Å².